The van der Waals surface area contributed by atoms with Gasteiger partial charge in [-0.05, 0) is 46.7 Å². The second-order valence-corrected chi connectivity index (χ2v) is 8.83. The van der Waals surface area contributed by atoms with Crippen molar-refractivity contribution in [2.24, 2.45) is 5.41 Å². The van der Waals surface area contributed by atoms with Gasteiger partial charge in [-0.3, -0.25) is 0 Å². The van der Waals surface area contributed by atoms with Crippen molar-refractivity contribution >= 4 is 31.5 Å². The summed E-state index contributed by atoms with van der Waals surface area (Å²) in [4.78, 5) is 0. The third-order valence-electron chi connectivity index (χ3n) is 4.40. The maximum Gasteiger partial charge on any atom is 0.0355 e. The fraction of sp³-hybridized carbons (Fsp3) is 0.217. The van der Waals surface area contributed by atoms with Crippen LogP contribution in [0.2, 0.25) is 0 Å². The van der Waals surface area contributed by atoms with E-state index < -0.39 is 0 Å². The van der Waals surface area contributed by atoms with Crippen molar-refractivity contribution in [1.82, 2.24) is 0 Å². The van der Waals surface area contributed by atoms with Gasteiger partial charge in [0.2, 0.25) is 0 Å². The topological polar surface area (TPSA) is 0 Å². The van der Waals surface area contributed by atoms with Crippen molar-refractivity contribution in [1.29, 1.82) is 0 Å². The molecule has 1 heteroatoms. The van der Waals surface area contributed by atoms with E-state index in [0.29, 0.717) is 5.41 Å². The van der Waals surface area contributed by atoms with Crippen molar-refractivity contribution in [3.63, 3.8) is 0 Å². The molecule has 0 bridgehead atoms. The van der Waals surface area contributed by atoms with E-state index in [1.165, 1.54) is 36.9 Å². The monoisotopic (exact) mass is 330 g/mol. The lowest BCUT2D eigenvalue weighted by Gasteiger charge is -2.18. The highest BCUT2D eigenvalue weighted by Gasteiger charge is 2.11. The average Bonchev–Trinajstić information content (AvgIpc) is 2.92. The molecular weight excluding hydrogens is 308 g/mol. The average molecular weight is 330 g/mol. The lowest BCUT2D eigenvalue weighted by Crippen LogP contribution is -2.08. The highest BCUT2D eigenvalue weighted by molar-refractivity contribution is 7.25. The van der Waals surface area contributed by atoms with E-state index in [4.69, 9.17) is 0 Å². The Balaban J connectivity index is 1.74. The Hall–Kier alpha value is -2.12. The molecule has 4 aromatic rings. The largest absolute Gasteiger partial charge is 0.135 e. The molecule has 0 aliphatic heterocycles. The summed E-state index contributed by atoms with van der Waals surface area (Å²) in [5.74, 6) is 0. The van der Waals surface area contributed by atoms with Crippen molar-refractivity contribution < 1.29 is 0 Å². The molecule has 4 rings (SSSR count). The quantitative estimate of drug-likeness (QED) is 0.361. The van der Waals surface area contributed by atoms with Crippen LogP contribution in [0, 0.1) is 5.41 Å². The number of fused-ring (bicyclic) bond motifs is 3. The van der Waals surface area contributed by atoms with Crippen molar-refractivity contribution in [2.45, 2.75) is 27.2 Å². The number of hydrogen-bond donors (Lipinski definition) is 0. The summed E-state index contributed by atoms with van der Waals surface area (Å²) in [6.45, 7) is 6.86. The van der Waals surface area contributed by atoms with Crippen LogP contribution in [0.3, 0.4) is 0 Å². The summed E-state index contributed by atoms with van der Waals surface area (Å²) in [5.41, 5.74) is 4.34. The van der Waals surface area contributed by atoms with Crippen LogP contribution in [0.25, 0.3) is 31.3 Å². The number of thiophene rings is 1. The molecule has 0 saturated heterocycles. The predicted molar refractivity (Wildman–Crippen MR) is 108 cm³/mol. The third-order valence-corrected chi connectivity index (χ3v) is 5.55. The van der Waals surface area contributed by atoms with E-state index in [1.807, 2.05) is 11.3 Å². The molecule has 0 unspecified atom stereocenters. The minimum atomic E-state index is 0.329. The van der Waals surface area contributed by atoms with E-state index in [0.717, 1.165) is 6.42 Å². The zero-order valence-electron chi connectivity index (χ0n) is 14.5. The van der Waals surface area contributed by atoms with E-state index in [2.05, 4.69) is 87.5 Å². The van der Waals surface area contributed by atoms with Gasteiger partial charge in [0.1, 0.15) is 0 Å². The predicted octanol–water partition coefficient (Wildman–Crippen LogP) is 7.31. The van der Waals surface area contributed by atoms with E-state index in [1.54, 1.807) is 0 Å². The first-order valence-electron chi connectivity index (χ1n) is 8.50. The molecule has 0 atom stereocenters. The summed E-state index contributed by atoms with van der Waals surface area (Å²) in [6.07, 6.45) is 1.11. The summed E-state index contributed by atoms with van der Waals surface area (Å²) in [6, 6.07) is 24.6. The molecule has 0 aliphatic carbocycles. The van der Waals surface area contributed by atoms with Crippen LogP contribution in [0.4, 0.5) is 0 Å². The first kappa shape index (κ1) is 15.4. The smallest absolute Gasteiger partial charge is 0.0355 e. The fourth-order valence-electron chi connectivity index (χ4n) is 3.33. The molecule has 24 heavy (non-hydrogen) atoms. The molecule has 1 heterocycles. The van der Waals surface area contributed by atoms with E-state index in [9.17, 15) is 0 Å². The molecule has 1 aromatic heterocycles. The van der Waals surface area contributed by atoms with Gasteiger partial charge in [-0.15, -0.1) is 11.3 Å². The Labute approximate surface area is 147 Å². The van der Waals surface area contributed by atoms with E-state index >= 15 is 0 Å². The maximum atomic E-state index is 2.34. The van der Waals surface area contributed by atoms with Crippen LogP contribution >= 0.6 is 11.3 Å². The van der Waals surface area contributed by atoms with Gasteiger partial charge in [-0.25, -0.2) is 0 Å². The zero-order chi connectivity index (χ0) is 16.7. The van der Waals surface area contributed by atoms with Crippen LogP contribution in [0.15, 0.2) is 66.7 Å². The SMILES string of the molecule is CC(C)(C)Cc1ccc(-c2ccc3sc4ccccc4c3c2)cc1. The van der Waals surface area contributed by atoms with Crippen LogP contribution in [0.5, 0.6) is 0 Å². The normalized spacial score (nSPS) is 12.1. The molecule has 0 spiro atoms. The standard InChI is InChI=1S/C23H22S/c1-23(2,3)15-16-8-10-17(11-9-16)18-12-13-22-20(14-18)19-6-4-5-7-21(19)24-22/h4-14H,15H2,1-3H3. The highest BCUT2D eigenvalue weighted by atomic mass is 32.1. The van der Waals surface area contributed by atoms with Gasteiger partial charge in [0, 0.05) is 20.2 Å². The Bertz CT molecular complexity index is 998. The summed E-state index contributed by atoms with van der Waals surface area (Å²) < 4.78 is 2.73. The molecule has 120 valence electrons. The van der Waals surface area contributed by atoms with Gasteiger partial charge < -0.3 is 0 Å². The lowest BCUT2D eigenvalue weighted by molar-refractivity contribution is 0.411. The van der Waals surface area contributed by atoms with Crippen molar-refractivity contribution in [2.75, 3.05) is 0 Å². The molecule has 0 amide bonds. The van der Waals surface area contributed by atoms with E-state index in [-0.39, 0.29) is 0 Å². The van der Waals surface area contributed by atoms with Gasteiger partial charge in [0.15, 0.2) is 0 Å². The Kier molecular flexibility index (Phi) is 3.69. The van der Waals surface area contributed by atoms with Crippen LogP contribution in [0.1, 0.15) is 26.3 Å². The van der Waals surface area contributed by atoms with Gasteiger partial charge in [-0.1, -0.05) is 69.3 Å². The second-order valence-electron chi connectivity index (χ2n) is 7.74. The summed E-state index contributed by atoms with van der Waals surface area (Å²) in [5, 5.41) is 2.73. The molecule has 0 aliphatic rings. The van der Waals surface area contributed by atoms with Gasteiger partial charge >= 0.3 is 0 Å². The molecule has 0 N–H and O–H groups in total. The van der Waals surface area contributed by atoms with Gasteiger partial charge in [0.25, 0.3) is 0 Å². The Morgan fingerprint density at radius 1 is 0.708 bits per heavy atom. The highest BCUT2D eigenvalue weighted by Crippen LogP contribution is 2.36. The zero-order valence-corrected chi connectivity index (χ0v) is 15.3. The van der Waals surface area contributed by atoms with Gasteiger partial charge in [0.05, 0.1) is 0 Å². The van der Waals surface area contributed by atoms with Crippen LogP contribution < -0.4 is 0 Å². The lowest BCUT2D eigenvalue weighted by atomic mass is 9.87. The maximum absolute atomic E-state index is 2.34. The minimum absolute atomic E-state index is 0.329. The first-order chi connectivity index (χ1) is 11.5. The molecular formula is C23H22S. The molecule has 0 nitrogen and oxygen atoms in total. The summed E-state index contributed by atoms with van der Waals surface area (Å²) >= 11 is 1.87. The van der Waals surface area contributed by atoms with Crippen LogP contribution in [-0.4, -0.2) is 0 Å². The fourth-order valence-corrected chi connectivity index (χ4v) is 4.42. The van der Waals surface area contributed by atoms with Crippen LogP contribution in [-0.2, 0) is 6.42 Å². The Morgan fingerprint density at radius 3 is 2.12 bits per heavy atom. The third kappa shape index (κ3) is 2.97. The molecule has 0 saturated carbocycles. The molecule has 0 radical (unpaired) electrons. The summed E-state index contributed by atoms with van der Waals surface area (Å²) in [7, 11) is 0. The molecule has 3 aromatic carbocycles. The number of hydrogen-bond acceptors (Lipinski definition) is 1. The van der Waals surface area contributed by atoms with Gasteiger partial charge in [-0.2, -0.15) is 0 Å². The minimum Gasteiger partial charge on any atom is -0.135 e. The Morgan fingerprint density at radius 2 is 1.38 bits per heavy atom. The van der Waals surface area contributed by atoms with Crippen molar-refractivity contribution in [3.8, 4) is 11.1 Å². The second kappa shape index (κ2) is 5.75. The first-order valence-corrected chi connectivity index (χ1v) is 9.32. The molecule has 0 fully saturated rings. The number of benzene rings is 3. The van der Waals surface area contributed by atoms with Crippen molar-refractivity contribution in [3.05, 3.63) is 72.3 Å². The number of rotatable bonds is 2.